The van der Waals surface area contributed by atoms with Gasteiger partial charge < -0.3 is 19.2 Å². The molecule has 4 heteroatoms. The van der Waals surface area contributed by atoms with Crippen molar-refractivity contribution in [2.45, 2.75) is 58.9 Å². The minimum Gasteiger partial charge on any atom is -0.462 e. The second kappa shape index (κ2) is 7.08. The molecule has 0 bridgehead atoms. The van der Waals surface area contributed by atoms with Crippen LogP contribution in [0.3, 0.4) is 0 Å². The van der Waals surface area contributed by atoms with Crippen molar-refractivity contribution in [3.8, 4) is 0 Å². The molecule has 0 saturated carbocycles. The number of hydrogen-bond donors (Lipinski definition) is 1. The first kappa shape index (κ1) is 14.6. The van der Waals surface area contributed by atoms with E-state index in [-0.39, 0.29) is 6.10 Å². The van der Waals surface area contributed by atoms with Crippen LogP contribution in [0.1, 0.15) is 43.8 Å². The van der Waals surface area contributed by atoms with Gasteiger partial charge in [0.05, 0.1) is 19.3 Å². The largest absolute Gasteiger partial charge is 0.462 e. The Hall–Kier alpha value is -0.840. The Morgan fingerprint density at radius 2 is 2.32 bits per heavy atom. The molecule has 4 nitrogen and oxygen atoms in total. The molecule has 1 saturated heterocycles. The molecule has 1 aliphatic heterocycles. The van der Waals surface area contributed by atoms with Gasteiger partial charge in [0.2, 0.25) is 0 Å². The summed E-state index contributed by atoms with van der Waals surface area (Å²) in [6, 6.07) is 2.52. The second-order valence-electron chi connectivity index (χ2n) is 5.50. The van der Waals surface area contributed by atoms with Gasteiger partial charge in [-0.2, -0.15) is 0 Å². The van der Waals surface area contributed by atoms with E-state index in [0.717, 1.165) is 37.5 Å². The molecule has 1 atom stereocenters. The first-order chi connectivity index (χ1) is 9.15. The minimum atomic E-state index is 0.276. The molecule has 1 aromatic heterocycles. The first-order valence-electron chi connectivity index (χ1n) is 7.16. The van der Waals surface area contributed by atoms with Crippen LogP contribution in [0.15, 0.2) is 10.5 Å². The lowest BCUT2D eigenvalue weighted by Gasteiger charge is -2.09. The highest BCUT2D eigenvalue weighted by molar-refractivity contribution is 5.19. The van der Waals surface area contributed by atoms with E-state index in [0.29, 0.717) is 19.3 Å². The molecule has 0 aromatic carbocycles. The fourth-order valence-corrected chi connectivity index (χ4v) is 2.20. The number of ether oxygens (including phenoxy) is 2. The summed E-state index contributed by atoms with van der Waals surface area (Å²) in [5.41, 5.74) is 1.18. The third kappa shape index (κ3) is 4.64. The lowest BCUT2D eigenvalue weighted by Crippen LogP contribution is -2.21. The van der Waals surface area contributed by atoms with Gasteiger partial charge in [0.15, 0.2) is 0 Å². The molecule has 19 heavy (non-hydrogen) atoms. The van der Waals surface area contributed by atoms with E-state index in [1.54, 1.807) is 0 Å². The highest BCUT2D eigenvalue weighted by atomic mass is 16.5. The predicted octanol–water partition coefficient (Wildman–Crippen LogP) is 2.78. The SMILES string of the molecule is Cc1cc(COCC2CCCO2)oc1CNC(C)C. The maximum atomic E-state index is 5.80. The molecule has 1 fully saturated rings. The highest BCUT2D eigenvalue weighted by Crippen LogP contribution is 2.17. The van der Waals surface area contributed by atoms with Crippen LogP contribution in [0.4, 0.5) is 0 Å². The molecular weight excluding hydrogens is 242 g/mol. The van der Waals surface area contributed by atoms with E-state index in [1.165, 1.54) is 5.56 Å². The lowest BCUT2D eigenvalue weighted by molar-refractivity contribution is 0.00556. The molecule has 0 radical (unpaired) electrons. The molecule has 0 amide bonds. The number of furan rings is 1. The third-order valence-corrected chi connectivity index (χ3v) is 3.31. The Kier molecular flexibility index (Phi) is 5.43. The van der Waals surface area contributed by atoms with Gasteiger partial charge in [0, 0.05) is 12.6 Å². The Morgan fingerprint density at radius 1 is 1.47 bits per heavy atom. The van der Waals surface area contributed by atoms with Crippen LogP contribution >= 0.6 is 0 Å². The molecule has 0 spiro atoms. The summed E-state index contributed by atoms with van der Waals surface area (Å²) >= 11 is 0. The minimum absolute atomic E-state index is 0.276. The number of rotatable bonds is 7. The Labute approximate surface area is 115 Å². The zero-order chi connectivity index (χ0) is 13.7. The quantitative estimate of drug-likeness (QED) is 0.825. The smallest absolute Gasteiger partial charge is 0.130 e. The van der Waals surface area contributed by atoms with Crippen molar-refractivity contribution in [2.75, 3.05) is 13.2 Å². The average molecular weight is 267 g/mol. The predicted molar refractivity (Wildman–Crippen MR) is 74.1 cm³/mol. The molecule has 1 aromatic rings. The van der Waals surface area contributed by atoms with E-state index in [9.17, 15) is 0 Å². The summed E-state index contributed by atoms with van der Waals surface area (Å²) in [6.07, 6.45) is 2.54. The molecule has 1 N–H and O–H groups in total. The average Bonchev–Trinajstić information content (AvgIpc) is 2.97. The van der Waals surface area contributed by atoms with Gasteiger partial charge in [-0.3, -0.25) is 0 Å². The van der Waals surface area contributed by atoms with Crippen LogP contribution < -0.4 is 5.32 Å². The fourth-order valence-electron chi connectivity index (χ4n) is 2.20. The summed E-state index contributed by atoms with van der Waals surface area (Å²) < 4.78 is 17.0. The van der Waals surface area contributed by atoms with Crippen molar-refractivity contribution < 1.29 is 13.9 Å². The maximum absolute atomic E-state index is 5.80. The lowest BCUT2D eigenvalue weighted by atomic mass is 10.2. The summed E-state index contributed by atoms with van der Waals surface area (Å²) in [4.78, 5) is 0. The second-order valence-corrected chi connectivity index (χ2v) is 5.50. The molecule has 2 rings (SSSR count). The van der Waals surface area contributed by atoms with Gasteiger partial charge in [-0.05, 0) is 31.4 Å². The number of hydrogen-bond acceptors (Lipinski definition) is 4. The van der Waals surface area contributed by atoms with Crippen molar-refractivity contribution in [3.63, 3.8) is 0 Å². The molecule has 108 valence electrons. The summed E-state index contributed by atoms with van der Waals surface area (Å²) in [7, 11) is 0. The summed E-state index contributed by atoms with van der Waals surface area (Å²) in [5, 5.41) is 3.36. The molecular formula is C15H25NO3. The van der Waals surface area contributed by atoms with Crippen LogP contribution in [0.5, 0.6) is 0 Å². The topological polar surface area (TPSA) is 43.6 Å². The molecule has 2 heterocycles. The van der Waals surface area contributed by atoms with Crippen LogP contribution in [0, 0.1) is 6.92 Å². The Bertz CT molecular complexity index is 381. The van der Waals surface area contributed by atoms with Crippen LogP contribution in [-0.2, 0) is 22.6 Å². The van der Waals surface area contributed by atoms with E-state index in [4.69, 9.17) is 13.9 Å². The summed E-state index contributed by atoms with van der Waals surface area (Å²) in [6.45, 7) is 9.17. The zero-order valence-corrected chi connectivity index (χ0v) is 12.2. The van der Waals surface area contributed by atoms with Gasteiger partial charge in [0.1, 0.15) is 18.1 Å². The zero-order valence-electron chi connectivity index (χ0n) is 12.2. The van der Waals surface area contributed by atoms with Gasteiger partial charge in [-0.1, -0.05) is 13.8 Å². The fraction of sp³-hybridized carbons (Fsp3) is 0.733. The van der Waals surface area contributed by atoms with Crippen molar-refractivity contribution in [1.29, 1.82) is 0 Å². The van der Waals surface area contributed by atoms with E-state index in [2.05, 4.69) is 32.2 Å². The number of aryl methyl sites for hydroxylation is 1. The monoisotopic (exact) mass is 267 g/mol. The standard InChI is InChI=1S/C15H25NO3/c1-11(2)16-8-15-12(3)7-14(19-15)10-17-9-13-5-4-6-18-13/h7,11,13,16H,4-6,8-10H2,1-3H3. The van der Waals surface area contributed by atoms with Crippen LogP contribution in [0.25, 0.3) is 0 Å². The van der Waals surface area contributed by atoms with Crippen LogP contribution in [-0.4, -0.2) is 25.4 Å². The maximum Gasteiger partial charge on any atom is 0.130 e. The van der Waals surface area contributed by atoms with E-state index < -0.39 is 0 Å². The first-order valence-corrected chi connectivity index (χ1v) is 7.16. The van der Waals surface area contributed by atoms with Crippen LogP contribution in [0.2, 0.25) is 0 Å². The van der Waals surface area contributed by atoms with E-state index in [1.807, 2.05) is 0 Å². The van der Waals surface area contributed by atoms with Crippen molar-refractivity contribution >= 4 is 0 Å². The summed E-state index contributed by atoms with van der Waals surface area (Å²) in [5.74, 6) is 1.90. The van der Waals surface area contributed by atoms with Gasteiger partial charge in [-0.25, -0.2) is 0 Å². The normalized spacial score (nSPS) is 19.5. The van der Waals surface area contributed by atoms with Gasteiger partial charge >= 0.3 is 0 Å². The van der Waals surface area contributed by atoms with Crippen molar-refractivity contribution in [1.82, 2.24) is 5.32 Å². The molecule has 1 unspecified atom stereocenters. The molecule has 0 aliphatic carbocycles. The highest BCUT2D eigenvalue weighted by Gasteiger charge is 2.16. The van der Waals surface area contributed by atoms with Crippen molar-refractivity contribution in [2.24, 2.45) is 0 Å². The number of nitrogens with one attached hydrogen (secondary N) is 1. The Morgan fingerprint density at radius 3 is 3.00 bits per heavy atom. The van der Waals surface area contributed by atoms with Gasteiger partial charge in [0.25, 0.3) is 0 Å². The molecule has 1 aliphatic rings. The van der Waals surface area contributed by atoms with E-state index >= 15 is 0 Å². The van der Waals surface area contributed by atoms with Gasteiger partial charge in [-0.15, -0.1) is 0 Å². The Balaban J connectivity index is 1.75. The third-order valence-electron chi connectivity index (χ3n) is 3.31. The van der Waals surface area contributed by atoms with Crippen molar-refractivity contribution in [3.05, 3.63) is 23.2 Å².